The van der Waals surface area contributed by atoms with Gasteiger partial charge < -0.3 is 0 Å². The molecule has 0 bridgehead atoms. The van der Waals surface area contributed by atoms with Crippen molar-refractivity contribution in [1.29, 1.82) is 0 Å². The van der Waals surface area contributed by atoms with Gasteiger partial charge in [-0.2, -0.15) is 10.2 Å². The van der Waals surface area contributed by atoms with Crippen LogP contribution in [0.5, 0.6) is 0 Å². The SMILES string of the molecule is [c]1nc2c(-c3nncc4ncsc34)cnnc2s1. The smallest absolute Gasteiger partial charge is 0.167 e. The Balaban J connectivity index is 2.13. The maximum Gasteiger partial charge on any atom is 0.167 e. The van der Waals surface area contributed by atoms with E-state index in [-0.39, 0.29) is 0 Å². The van der Waals surface area contributed by atoms with Crippen molar-refractivity contribution in [1.82, 2.24) is 30.4 Å². The van der Waals surface area contributed by atoms with Crippen molar-refractivity contribution in [3.8, 4) is 11.3 Å². The third-order valence-electron chi connectivity index (χ3n) is 2.50. The van der Waals surface area contributed by atoms with E-state index in [1.165, 1.54) is 22.7 Å². The number of hydrogen-bond acceptors (Lipinski definition) is 8. The van der Waals surface area contributed by atoms with Crippen LogP contribution in [-0.2, 0) is 0 Å². The van der Waals surface area contributed by atoms with Crippen molar-refractivity contribution in [2.24, 2.45) is 0 Å². The van der Waals surface area contributed by atoms with Crippen LogP contribution in [0, 0.1) is 5.51 Å². The van der Waals surface area contributed by atoms with Gasteiger partial charge in [-0.05, 0) is 0 Å². The number of aromatic nitrogens is 6. The summed E-state index contributed by atoms with van der Waals surface area (Å²) >= 11 is 2.86. The number of thiazole rings is 2. The third-order valence-corrected chi connectivity index (χ3v) is 4.00. The molecular formula is C10H3N6S2. The molecule has 0 saturated carbocycles. The standard InChI is InChI=1S/C10H3N6S2/c1-5(8-10(16-13-1)18-4-12-8)7-9-6(2-14-15-7)11-3-17-9/h1-3H. The summed E-state index contributed by atoms with van der Waals surface area (Å²) in [5.74, 6) is 0. The highest BCUT2D eigenvalue weighted by molar-refractivity contribution is 7.17. The van der Waals surface area contributed by atoms with Crippen molar-refractivity contribution in [2.45, 2.75) is 0 Å². The van der Waals surface area contributed by atoms with Gasteiger partial charge in [0.15, 0.2) is 10.3 Å². The van der Waals surface area contributed by atoms with E-state index in [1.807, 2.05) is 0 Å². The van der Waals surface area contributed by atoms with E-state index in [0.29, 0.717) is 0 Å². The summed E-state index contributed by atoms with van der Waals surface area (Å²) < 4.78 is 0.979. The van der Waals surface area contributed by atoms with Gasteiger partial charge in [0.2, 0.25) is 0 Å². The Hall–Kier alpha value is -2.06. The van der Waals surface area contributed by atoms with Crippen LogP contribution >= 0.6 is 22.7 Å². The van der Waals surface area contributed by atoms with Crippen molar-refractivity contribution < 1.29 is 0 Å². The topological polar surface area (TPSA) is 77.3 Å². The Kier molecular flexibility index (Phi) is 2.05. The lowest BCUT2D eigenvalue weighted by Crippen LogP contribution is -1.91. The van der Waals surface area contributed by atoms with Gasteiger partial charge in [0.05, 0.1) is 28.2 Å². The molecule has 0 N–H and O–H groups in total. The molecule has 1 radical (unpaired) electrons. The van der Waals surface area contributed by atoms with Crippen molar-refractivity contribution in [3.05, 3.63) is 23.4 Å². The molecular weight excluding hydrogens is 268 g/mol. The molecule has 85 valence electrons. The summed E-state index contributed by atoms with van der Waals surface area (Å²) in [6, 6.07) is 0. The predicted octanol–water partition coefficient (Wildman–Crippen LogP) is 1.95. The first kappa shape index (κ1) is 9.92. The second-order valence-electron chi connectivity index (χ2n) is 3.48. The molecule has 4 aromatic heterocycles. The molecule has 0 unspecified atom stereocenters. The zero-order chi connectivity index (χ0) is 11.9. The Morgan fingerprint density at radius 3 is 3.06 bits per heavy atom. The summed E-state index contributed by atoms with van der Waals surface area (Å²) in [4.78, 5) is 9.17. The average Bonchev–Trinajstić information content (AvgIpc) is 3.06. The molecule has 8 heteroatoms. The molecule has 0 aromatic carbocycles. The Bertz CT molecular complexity index is 779. The highest BCUT2D eigenvalue weighted by Crippen LogP contribution is 2.31. The molecule has 0 amide bonds. The lowest BCUT2D eigenvalue weighted by atomic mass is 10.2. The fraction of sp³-hybridized carbons (Fsp3) is 0. The fourth-order valence-corrected chi connectivity index (χ4v) is 3.04. The van der Waals surface area contributed by atoms with E-state index < -0.39 is 0 Å². The van der Waals surface area contributed by atoms with Crippen LogP contribution < -0.4 is 0 Å². The van der Waals surface area contributed by atoms with Crippen molar-refractivity contribution in [3.63, 3.8) is 0 Å². The van der Waals surface area contributed by atoms with Crippen molar-refractivity contribution in [2.75, 3.05) is 0 Å². The predicted molar refractivity (Wildman–Crippen MR) is 68.3 cm³/mol. The summed E-state index contributed by atoms with van der Waals surface area (Å²) in [5, 5.41) is 16.1. The van der Waals surface area contributed by atoms with Crippen LogP contribution in [-0.4, -0.2) is 30.4 Å². The fourth-order valence-electron chi connectivity index (χ4n) is 1.71. The molecule has 0 aliphatic heterocycles. The number of nitrogens with zero attached hydrogens (tertiary/aromatic N) is 6. The van der Waals surface area contributed by atoms with Gasteiger partial charge in [-0.25, -0.2) is 9.97 Å². The molecule has 0 saturated heterocycles. The van der Waals surface area contributed by atoms with Crippen LogP contribution in [0.2, 0.25) is 0 Å². The Labute approximate surface area is 108 Å². The van der Waals surface area contributed by atoms with Gasteiger partial charge in [-0.1, -0.05) is 11.3 Å². The maximum atomic E-state index is 4.23. The monoisotopic (exact) mass is 271 g/mol. The second kappa shape index (κ2) is 3.72. The third kappa shape index (κ3) is 1.33. The zero-order valence-electron chi connectivity index (χ0n) is 8.73. The number of hydrogen-bond donors (Lipinski definition) is 0. The van der Waals surface area contributed by atoms with Crippen molar-refractivity contribution >= 4 is 43.2 Å². The Morgan fingerprint density at radius 2 is 2.06 bits per heavy atom. The lowest BCUT2D eigenvalue weighted by molar-refractivity contribution is 1.04. The molecule has 0 atom stereocenters. The van der Waals surface area contributed by atoms with Gasteiger partial charge in [0.25, 0.3) is 0 Å². The average molecular weight is 271 g/mol. The van der Waals surface area contributed by atoms with E-state index in [9.17, 15) is 0 Å². The minimum absolute atomic E-state index is 0.745. The summed E-state index contributed by atoms with van der Waals surface area (Å²) in [7, 11) is 0. The zero-order valence-corrected chi connectivity index (χ0v) is 10.4. The largest absolute Gasteiger partial charge is 0.243 e. The van der Waals surface area contributed by atoms with Gasteiger partial charge in [-0.15, -0.1) is 21.5 Å². The first-order chi connectivity index (χ1) is 8.93. The van der Waals surface area contributed by atoms with Gasteiger partial charge in [0, 0.05) is 0 Å². The number of fused-ring (bicyclic) bond motifs is 2. The minimum atomic E-state index is 0.745. The summed E-state index contributed by atoms with van der Waals surface area (Å²) in [6.45, 7) is 0. The van der Waals surface area contributed by atoms with Crippen LogP contribution in [0.1, 0.15) is 0 Å². The quantitative estimate of drug-likeness (QED) is 0.526. The van der Waals surface area contributed by atoms with Gasteiger partial charge in [-0.3, -0.25) is 0 Å². The number of rotatable bonds is 1. The molecule has 4 heterocycles. The van der Waals surface area contributed by atoms with Crippen LogP contribution in [0.3, 0.4) is 0 Å². The highest BCUT2D eigenvalue weighted by atomic mass is 32.1. The molecule has 18 heavy (non-hydrogen) atoms. The molecule has 4 rings (SSSR count). The maximum absolute atomic E-state index is 4.23. The van der Waals surface area contributed by atoms with E-state index in [4.69, 9.17) is 0 Å². The Morgan fingerprint density at radius 1 is 1.11 bits per heavy atom. The summed E-state index contributed by atoms with van der Waals surface area (Å²) in [6.07, 6.45) is 3.30. The molecule has 0 spiro atoms. The van der Waals surface area contributed by atoms with Crippen LogP contribution in [0.4, 0.5) is 0 Å². The molecule has 4 aromatic rings. The molecule has 0 fully saturated rings. The van der Waals surface area contributed by atoms with Gasteiger partial charge in [0.1, 0.15) is 16.7 Å². The molecule has 6 nitrogen and oxygen atoms in total. The van der Waals surface area contributed by atoms with Gasteiger partial charge >= 0.3 is 0 Å². The second-order valence-corrected chi connectivity index (χ2v) is 5.11. The van der Waals surface area contributed by atoms with E-state index in [2.05, 4.69) is 35.9 Å². The van der Waals surface area contributed by atoms with E-state index >= 15 is 0 Å². The summed E-state index contributed by atoms with van der Waals surface area (Å²) in [5.41, 5.74) is 7.74. The highest BCUT2D eigenvalue weighted by Gasteiger charge is 2.14. The minimum Gasteiger partial charge on any atom is -0.243 e. The normalized spacial score (nSPS) is 11.3. The molecule has 0 aliphatic rings. The first-order valence-electron chi connectivity index (χ1n) is 4.97. The van der Waals surface area contributed by atoms with E-state index in [0.717, 1.165) is 31.8 Å². The van der Waals surface area contributed by atoms with E-state index in [1.54, 1.807) is 17.9 Å². The lowest BCUT2D eigenvalue weighted by Gasteiger charge is -2.00. The first-order valence-corrected chi connectivity index (χ1v) is 6.66. The van der Waals surface area contributed by atoms with Crippen LogP contribution in [0.15, 0.2) is 17.9 Å². The van der Waals surface area contributed by atoms with Crippen LogP contribution in [0.25, 0.3) is 31.8 Å². The molecule has 0 aliphatic carbocycles.